The van der Waals surface area contributed by atoms with Gasteiger partial charge in [0.2, 0.25) is 10.0 Å². The zero-order valence-corrected chi connectivity index (χ0v) is 13.3. The Labute approximate surface area is 125 Å². The van der Waals surface area contributed by atoms with Gasteiger partial charge in [0.25, 0.3) is 0 Å². The molecular weight excluding hydrogens is 286 g/mol. The fraction of sp³-hybridized carbons (Fsp3) is 0.400. The summed E-state index contributed by atoms with van der Waals surface area (Å²) in [4.78, 5) is 4.41. The van der Waals surface area contributed by atoms with Gasteiger partial charge in [-0.1, -0.05) is 20.8 Å². The van der Waals surface area contributed by atoms with Crippen molar-refractivity contribution in [3.8, 4) is 0 Å². The molecule has 6 heteroatoms. The lowest BCUT2D eigenvalue weighted by molar-refractivity contribution is 0.414. The van der Waals surface area contributed by atoms with Crippen LogP contribution in [0, 0.1) is 11.8 Å². The summed E-state index contributed by atoms with van der Waals surface area (Å²) >= 11 is 0. The molecule has 2 rings (SSSR count). The molecule has 3 N–H and O–H groups in total. The highest BCUT2D eigenvalue weighted by atomic mass is 32.2. The zero-order chi connectivity index (χ0) is 15.6. The smallest absolute Gasteiger partial charge is 0.240 e. The van der Waals surface area contributed by atoms with Gasteiger partial charge >= 0.3 is 0 Å². The van der Waals surface area contributed by atoms with Gasteiger partial charge in [-0.3, -0.25) is 0 Å². The number of nitrogens with zero attached hydrogens (tertiary/aromatic N) is 1. The minimum Gasteiger partial charge on any atom is -0.384 e. The molecule has 2 aromatic rings. The predicted molar refractivity (Wildman–Crippen MR) is 85.3 cm³/mol. The van der Waals surface area contributed by atoms with Crippen LogP contribution in [0.1, 0.15) is 20.8 Å². The second-order valence-electron chi connectivity index (χ2n) is 5.66. The van der Waals surface area contributed by atoms with Gasteiger partial charge in [-0.05, 0) is 42.2 Å². The maximum absolute atomic E-state index is 12.3. The van der Waals surface area contributed by atoms with Crippen molar-refractivity contribution in [2.24, 2.45) is 11.8 Å². The van der Waals surface area contributed by atoms with Crippen LogP contribution in [-0.2, 0) is 10.0 Å². The lowest BCUT2D eigenvalue weighted by Gasteiger charge is -2.16. The SMILES string of the molecule is CC(C)C(C)CNS(=O)(=O)c1ccc2nc(N)ccc2c1. The molecule has 1 aromatic carbocycles. The summed E-state index contributed by atoms with van der Waals surface area (Å²) < 4.78 is 27.3. The number of nitrogens with one attached hydrogen (secondary N) is 1. The first-order valence-corrected chi connectivity index (χ1v) is 8.44. The highest BCUT2D eigenvalue weighted by Gasteiger charge is 2.17. The van der Waals surface area contributed by atoms with Gasteiger partial charge in [0.15, 0.2) is 0 Å². The van der Waals surface area contributed by atoms with E-state index in [-0.39, 0.29) is 10.8 Å². The first kappa shape index (κ1) is 15.7. The Balaban J connectivity index is 2.26. The van der Waals surface area contributed by atoms with Crippen molar-refractivity contribution >= 4 is 26.7 Å². The molecule has 0 aliphatic rings. The van der Waals surface area contributed by atoms with E-state index in [2.05, 4.69) is 23.6 Å². The third kappa shape index (κ3) is 3.71. The largest absolute Gasteiger partial charge is 0.384 e. The van der Waals surface area contributed by atoms with Crippen molar-refractivity contribution in [2.45, 2.75) is 25.7 Å². The normalized spacial score (nSPS) is 13.7. The zero-order valence-electron chi connectivity index (χ0n) is 12.5. The van der Waals surface area contributed by atoms with Crippen LogP contribution in [0.3, 0.4) is 0 Å². The number of sulfonamides is 1. The van der Waals surface area contributed by atoms with Gasteiger partial charge in [-0.25, -0.2) is 18.1 Å². The fourth-order valence-corrected chi connectivity index (χ4v) is 3.03. The van der Waals surface area contributed by atoms with E-state index in [0.717, 1.165) is 5.39 Å². The summed E-state index contributed by atoms with van der Waals surface area (Å²) in [5.74, 6) is 1.13. The molecule has 0 fully saturated rings. The third-order valence-corrected chi connectivity index (χ3v) is 5.15. The van der Waals surface area contributed by atoms with Crippen molar-refractivity contribution < 1.29 is 8.42 Å². The Kier molecular flexibility index (Phi) is 4.49. The summed E-state index contributed by atoms with van der Waals surface area (Å²) in [5, 5.41) is 0.754. The minimum atomic E-state index is -3.50. The molecule has 0 spiro atoms. The summed E-state index contributed by atoms with van der Waals surface area (Å²) in [6.07, 6.45) is 0. The number of nitrogen functional groups attached to an aromatic ring is 1. The molecule has 5 nitrogen and oxygen atoms in total. The molecule has 1 atom stereocenters. The highest BCUT2D eigenvalue weighted by Crippen LogP contribution is 2.19. The summed E-state index contributed by atoms with van der Waals surface area (Å²) in [5.41, 5.74) is 6.30. The molecule has 1 aromatic heterocycles. The molecule has 0 radical (unpaired) electrons. The van der Waals surface area contributed by atoms with Crippen LogP contribution in [0.25, 0.3) is 10.9 Å². The number of aromatic nitrogens is 1. The van der Waals surface area contributed by atoms with Crippen LogP contribution in [0.5, 0.6) is 0 Å². The maximum Gasteiger partial charge on any atom is 0.240 e. The molecular formula is C15H21N3O2S. The maximum atomic E-state index is 12.3. The molecule has 0 saturated carbocycles. The van der Waals surface area contributed by atoms with E-state index < -0.39 is 10.0 Å². The standard InChI is InChI=1S/C15H21N3O2S/c1-10(2)11(3)9-17-21(19,20)13-5-6-14-12(8-13)4-7-15(16)18-14/h4-8,10-11,17H,9H2,1-3H3,(H2,16,18). The number of benzene rings is 1. The van der Waals surface area contributed by atoms with E-state index >= 15 is 0 Å². The van der Waals surface area contributed by atoms with E-state index in [9.17, 15) is 8.42 Å². The van der Waals surface area contributed by atoms with Crippen LogP contribution >= 0.6 is 0 Å². The average molecular weight is 307 g/mol. The number of anilines is 1. The van der Waals surface area contributed by atoms with Crippen LogP contribution in [0.2, 0.25) is 0 Å². The van der Waals surface area contributed by atoms with Gasteiger partial charge in [0.1, 0.15) is 5.82 Å². The number of fused-ring (bicyclic) bond motifs is 1. The van der Waals surface area contributed by atoms with E-state index in [4.69, 9.17) is 5.73 Å². The van der Waals surface area contributed by atoms with Gasteiger partial charge in [-0.2, -0.15) is 0 Å². The number of pyridine rings is 1. The fourth-order valence-electron chi connectivity index (χ4n) is 1.85. The van der Waals surface area contributed by atoms with Gasteiger partial charge in [-0.15, -0.1) is 0 Å². The van der Waals surface area contributed by atoms with Crippen molar-refractivity contribution in [2.75, 3.05) is 12.3 Å². The molecule has 1 heterocycles. The van der Waals surface area contributed by atoms with E-state index in [1.165, 1.54) is 0 Å². The van der Waals surface area contributed by atoms with Crippen LogP contribution in [-0.4, -0.2) is 19.9 Å². The number of hydrogen-bond acceptors (Lipinski definition) is 4. The minimum absolute atomic E-state index is 0.248. The van der Waals surface area contributed by atoms with Crippen LogP contribution < -0.4 is 10.5 Å². The van der Waals surface area contributed by atoms with E-state index in [1.54, 1.807) is 30.3 Å². The Morgan fingerprint density at radius 1 is 1.19 bits per heavy atom. The Bertz CT molecular complexity index is 742. The predicted octanol–water partition coefficient (Wildman–Crippen LogP) is 2.39. The Morgan fingerprint density at radius 3 is 2.57 bits per heavy atom. The van der Waals surface area contributed by atoms with E-state index in [0.29, 0.717) is 23.8 Å². The van der Waals surface area contributed by atoms with Crippen molar-refractivity contribution in [1.82, 2.24) is 9.71 Å². The molecule has 1 unspecified atom stereocenters. The molecule has 0 aliphatic heterocycles. The van der Waals surface area contributed by atoms with Gasteiger partial charge in [0, 0.05) is 11.9 Å². The molecule has 114 valence electrons. The summed E-state index contributed by atoms with van der Waals surface area (Å²) in [6.45, 7) is 6.61. The first-order valence-electron chi connectivity index (χ1n) is 6.95. The molecule has 21 heavy (non-hydrogen) atoms. The summed E-state index contributed by atoms with van der Waals surface area (Å²) in [6, 6.07) is 8.27. The second kappa shape index (κ2) is 5.99. The molecule has 0 amide bonds. The quantitative estimate of drug-likeness (QED) is 0.888. The van der Waals surface area contributed by atoms with Gasteiger partial charge in [0.05, 0.1) is 10.4 Å². The Morgan fingerprint density at radius 2 is 1.90 bits per heavy atom. The van der Waals surface area contributed by atoms with Crippen molar-refractivity contribution in [3.63, 3.8) is 0 Å². The van der Waals surface area contributed by atoms with Gasteiger partial charge < -0.3 is 5.73 Å². The third-order valence-electron chi connectivity index (χ3n) is 3.73. The monoisotopic (exact) mass is 307 g/mol. The second-order valence-corrected chi connectivity index (χ2v) is 7.43. The molecule has 0 saturated heterocycles. The lowest BCUT2D eigenvalue weighted by atomic mass is 9.99. The molecule has 0 aliphatic carbocycles. The first-order chi connectivity index (χ1) is 9.79. The van der Waals surface area contributed by atoms with Crippen LogP contribution in [0.4, 0.5) is 5.82 Å². The lowest BCUT2D eigenvalue weighted by Crippen LogP contribution is -2.30. The highest BCUT2D eigenvalue weighted by molar-refractivity contribution is 7.89. The van der Waals surface area contributed by atoms with Crippen molar-refractivity contribution in [3.05, 3.63) is 30.3 Å². The number of nitrogens with two attached hydrogens (primary N) is 1. The van der Waals surface area contributed by atoms with Crippen LogP contribution in [0.15, 0.2) is 35.2 Å². The average Bonchev–Trinajstić information content (AvgIpc) is 2.44. The molecule has 0 bridgehead atoms. The Hall–Kier alpha value is -1.66. The number of rotatable bonds is 5. The topological polar surface area (TPSA) is 85.1 Å². The number of hydrogen-bond donors (Lipinski definition) is 2. The van der Waals surface area contributed by atoms with E-state index in [1.807, 2.05) is 6.92 Å². The van der Waals surface area contributed by atoms with Crippen molar-refractivity contribution in [1.29, 1.82) is 0 Å². The summed E-state index contributed by atoms with van der Waals surface area (Å²) in [7, 11) is -3.50.